The Morgan fingerprint density at radius 2 is 1.89 bits per heavy atom. The van der Waals surface area contributed by atoms with Crippen molar-refractivity contribution in [1.29, 1.82) is 0 Å². The number of rotatable bonds is 9. The standard InChI is InChI=1S/C19H25N3O5/c1-13-5-6-14-15(11-13)19(26)22(18(14)25)9-7-17(24)21(2)12-16(23)20-8-4-10-27-3/h5-6,11H,4,7-10,12H2,1-3H3,(H,20,23). The minimum atomic E-state index is -0.388. The molecule has 0 fully saturated rings. The molecule has 4 amide bonds. The summed E-state index contributed by atoms with van der Waals surface area (Å²) in [5.41, 5.74) is 1.63. The van der Waals surface area contributed by atoms with E-state index in [-0.39, 0.29) is 43.1 Å². The third-order valence-electron chi connectivity index (χ3n) is 4.33. The third-order valence-corrected chi connectivity index (χ3v) is 4.33. The van der Waals surface area contributed by atoms with Crippen LogP contribution in [0.1, 0.15) is 39.1 Å². The molecule has 2 rings (SSSR count). The van der Waals surface area contributed by atoms with E-state index in [4.69, 9.17) is 4.74 Å². The predicted octanol–water partition coefficient (Wildman–Crippen LogP) is 0.592. The highest BCUT2D eigenvalue weighted by Crippen LogP contribution is 2.24. The molecule has 8 nitrogen and oxygen atoms in total. The summed E-state index contributed by atoms with van der Waals surface area (Å²) in [7, 11) is 3.10. The average Bonchev–Trinajstić information content (AvgIpc) is 2.86. The van der Waals surface area contributed by atoms with Crippen LogP contribution in [-0.4, -0.2) is 73.8 Å². The first-order chi connectivity index (χ1) is 12.8. The van der Waals surface area contributed by atoms with Crippen LogP contribution in [0, 0.1) is 6.92 Å². The third kappa shape index (κ3) is 5.13. The molecule has 0 aromatic heterocycles. The van der Waals surface area contributed by atoms with Crippen LogP contribution in [0.5, 0.6) is 0 Å². The van der Waals surface area contributed by atoms with Crippen molar-refractivity contribution in [2.24, 2.45) is 0 Å². The van der Waals surface area contributed by atoms with Gasteiger partial charge >= 0.3 is 0 Å². The van der Waals surface area contributed by atoms with Gasteiger partial charge in [0.25, 0.3) is 11.8 Å². The van der Waals surface area contributed by atoms with Crippen molar-refractivity contribution < 1.29 is 23.9 Å². The summed E-state index contributed by atoms with van der Waals surface area (Å²) in [4.78, 5) is 51.2. The molecule has 1 aliphatic heterocycles. The number of likely N-dealkylation sites (N-methyl/N-ethyl adjacent to an activating group) is 1. The Balaban J connectivity index is 1.82. The van der Waals surface area contributed by atoms with E-state index < -0.39 is 0 Å². The maximum absolute atomic E-state index is 12.4. The fraction of sp³-hybridized carbons (Fsp3) is 0.474. The molecule has 1 heterocycles. The molecule has 1 aromatic carbocycles. The van der Waals surface area contributed by atoms with Gasteiger partial charge in [0.2, 0.25) is 11.8 Å². The molecule has 0 unspecified atom stereocenters. The molecule has 0 bridgehead atoms. The van der Waals surface area contributed by atoms with Gasteiger partial charge in [-0.15, -0.1) is 0 Å². The Labute approximate surface area is 158 Å². The maximum atomic E-state index is 12.4. The smallest absolute Gasteiger partial charge is 0.261 e. The van der Waals surface area contributed by atoms with Gasteiger partial charge in [0.1, 0.15) is 0 Å². The van der Waals surface area contributed by atoms with Crippen LogP contribution >= 0.6 is 0 Å². The van der Waals surface area contributed by atoms with Crippen LogP contribution in [0.2, 0.25) is 0 Å². The van der Waals surface area contributed by atoms with E-state index in [1.165, 1.54) is 11.9 Å². The van der Waals surface area contributed by atoms with Crippen molar-refractivity contribution in [1.82, 2.24) is 15.1 Å². The van der Waals surface area contributed by atoms with E-state index in [1.807, 2.05) is 6.92 Å². The van der Waals surface area contributed by atoms with E-state index in [0.29, 0.717) is 30.7 Å². The lowest BCUT2D eigenvalue weighted by Gasteiger charge is -2.19. The average molecular weight is 375 g/mol. The van der Waals surface area contributed by atoms with Crippen molar-refractivity contribution in [3.8, 4) is 0 Å². The Hall–Kier alpha value is -2.74. The second-order valence-electron chi connectivity index (χ2n) is 6.51. The van der Waals surface area contributed by atoms with Gasteiger partial charge < -0.3 is 15.0 Å². The van der Waals surface area contributed by atoms with Crippen LogP contribution in [0.15, 0.2) is 18.2 Å². The molecule has 0 aliphatic carbocycles. The summed E-state index contributed by atoms with van der Waals surface area (Å²) < 4.78 is 4.90. The minimum Gasteiger partial charge on any atom is -0.385 e. The van der Waals surface area contributed by atoms with Crippen LogP contribution < -0.4 is 5.32 Å². The zero-order valence-corrected chi connectivity index (χ0v) is 15.9. The van der Waals surface area contributed by atoms with Crippen LogP contribution in [0.4, 0.5) is 0 Å². The quantitative estimate of drug-likeness (QED) is 0.503. The van der Waals surface area contributed by atoms with E-state index in [1.54, 1.807) is 25.3 Å². The summed E-state index contributed by atoms with van der Waals surface area (Å²) in [5.74, 6) is -1.35. The zero-order chi connectivity index (χ0) is 20.0. The number of carbonyl (C=O) groups excluding carboxylic acids is 4. The van der Waals surface area contributed by atoms with E-state index >= 15 is 0 Å². The molecule has 1 N–H and O–H groups in total. The molecule has 0 saturated heterocycles. The highest BCUT2D eigenvalue weighted by Gasteiger charge is 2.35. The molecular weight excluding hydrogens is 350 g/mol. The highest BCUT2D eigenvalue weighted by atomic mass is 16.5. The zero-order valence-electron chi connectivity index (χ0n) is 15.9. The number of hydrogen-bond acceptors (Lipinski definition) is 5. The molecule has 0 spiro atoms. The lowest BCUT2D eigenvalue weighted by molar-refractivity contribution is -0.134. The largest absolute Gasteiger partial charge is 0.385 e. The van der Waals surface area contributed by atoms with Crippen molar-refractivity contribution in [3.05, 3.63) is 34.9 Å². The van der Waals surface area contributed by atoms with Gasteiger partial charge in [-0.05, 0) is 25.5 Å². The highest BCUT2D eigenvalue weighted by molar-refractivity contribution is 6.21. The maximum Gasteiger partial charge on any atom is 0.261 e. The lowest BCUT2D eigenvalue weighted by Crippen LogP contribution is -2.40. The normalized spacial score (nSPS) is 12.9. The monoisotopic (exact) mass is 375 g/mol. The molecule has 0 atom stereocenters. The molecule has 1 aromatic rings. The number of nitrogens with zero attached hydrogens (tertiary/aromatic N) is 2. The molecule has 146 valence electrons. The van der Waals surface area contributed by atoms with Gasteiger partial charge in [0, 0.05) is 40.3 Å². The van der Waals surface area contributed by atoms with Crippen LogP contribution in [-0.2, 0) is 14.3 Å². The lowest BCUT2D eigenvalue weighted by atomic mass is 10.1. The number of hydrogen-bond donors (Lipinski definition) is 1. The van der Waals surface area contributed by atoms with Gasteiger partial charge in [-0.3, -0.25) is 24.1 Å². The van der Waals surface area contributed by atoms with Crippen LogP contribution in [0.25, 0.3) is 0 Å². The number of methoxy groups -OCH3 is 1. The Morgan fingerprint density at radius 3 is 2.59 bits per heavy atom. The number of carbonyl (C=O) groups is 4. The molecule has 1 aliphatic rings. The Kier molecular flexibility index (Phi) is 7.06. The number of ether oxygens (including phenoxy) is 1. The van der Waals surface area contributed by atoms with Gasteiger partial charge in [-0.1, -0.05) is 11.6 Å². The number of benzene rings is 1. The van der Waals surface area contributed by atoms with Gasteiger partial charge in [-0.25, -0.2) is 0 Å². The summed E-state index contributed by atoms with van der Waals surface area (Å²) in [5, 5.41) is 2.70. The molecular formula is C19H25N3O5. The summed E-state index contributed by atoms with van der Waals surface area (Å²) in [6.07, 6.45) is 0.664. The summed E-state index contributed by atoms with van der Waals surface area (Å²) >= 11 is 0. The molecule has 27 heavy (non-hydrogen) atoms. The van der Waals surface area contributed by atoms with Crippen molar-refractivity contribution in [2.75, 3.05) is 40.4 Å². The number of fused-ring (bicyclic) bond motifs is 1. The first kappa shape index (κ1) is 20.6. The topological polar surface area (TPSA) is 96.0 Å². The number of imide groups is 1. The van der Waals surface area contributed by atoms with Gasteiger partial charge in [0.15, 0.2) is 0 Å². The number of amides is 4. The molecule has 0 saturated carbocycles. The Bertz CT molecular complexity index is 747. The molecule has 0 radical (unpaired) electrons. The second-order valence-corrected chi connectivity index (χ2v) is 6.51. The first-order valence-corrected chi connectivity index (χ1v) is 8.81. The minimum absolute atomic E-state index is 0.00990. The summed E-state index contributed by atoms with van der Waals surface area (Å²) in [6, 6.07) is 5.09. The van der Waals surface area contributed by atoms with E-state index in [2.05, 4.69) is 5.32 Å². The van der Waals surface area contributed by atoms with E-state index in [9.17, 15) is 19.2 Å². The fourth-order valence-corrected chi connectivity index (χ4v) is 2.81. The summed E-state index contributed by atoms with van der Waals surface area (Å²) in [6.45, 7) is 2.79. The van der Waals surface area contributed by atoms with Gasteiger partial charge in [-0.2, -0.15) is 0 Å². The fourth-order valence-electron chi connectivity index (χ4n) is 2.81. The second kappa shape index (κ2) is 9.27. The first-order valence-electron chi connectivity index (χ1n) is 8.81. The SMILES string of the molecule is COCCCNC(=O)CN(C)C(=O)CCN1C(=O)c2ccc(C)cc2C1=O. The predicted molar refractivity (Wildman–Crippen MR) is 98.3 cm³/mol. The van der Waals surface area contributed by atoms with Crippen molar-refractivity contribution in [3.63, 3.8) is 0 Å². The van der Waals surface area contributed by atoms with E-state index in [0.717, 1.165) is 10.5 Å². The number of aryl methyl sites for hydroxylation is 1. The van der Waals surface area contributed by atoms with Crippen molar-refractivity contribution in [2.45, 2.75) is 19.8 Å². The van der Waals surface area contributed by atoms with Crippen LogP contribution in [0.3, 0.4) is 0 Å². The molecule has 8 heteroatoms. The van der Waals surface area contributed by atoms with Crippen molar-refractivity contribution >= 4 is 23.6 Å². The number of nitrogens with one attached hydrogen (secondary N) is 1. The Morgan fingerprint density at radius 1 is 1.19 bits per heavy atom. The van der Waals surface area contributed by atoms with Gasteiger partial charge in [0.05, 0.1) is 17.7 Å².